The Balaban J connectivity index is 2.29. The lowest BCUT2D eigenvalue weighted by Crippen LogP contribution is -2.25. The maximum Gasteiger partial charge on any atom is 0.150 e. The van der Waals surface area contributed by atoms with Crippen LogP contribution in [0.2, 0.25) is 0 Å². The van der Waals surface area contributed by atoms with Crippen molar-refractivity contribution in [3.8, 4) is 0 Å². The van der Waals surface area contributed by atoms with Gasteiger partial charge in [-0.15, -0.1) is 0 Å². The zero-order valence-corrected chi connectivity index (χ0v) is 7.79. The molecule has 0 saturated heterocycles. The molecule has 1 aliphatic rings. The Morgan fingerprint density at radius 1 is 1.50 bits per heavy atom. The van der Waals surface area contributed by atoms with Crippen LogP contribution < -0.4 is 5.73 Å². The second kappa shape index (κ2) is 3.17. The van der Waals surface area contributed by atoms with Crippen molar-refractivity contribution in [1.29, 1.82) is 0 Å². The van der Waals surface area contributed by atoms with E-state index in [2.05, 4.69) is 0 Å². The average molecular weight is 193 g/mol. The molecule has 1 aromatic rings. The molecule has 0 radical (unpaired) electrons. The van der Waals surface area contributed by atoms with Crippen LogP contribution in [0.25, 0.3) is 0 Å². The second-order valence-corrected chi connectivity index (χ2v) is 4.00. The largest absolute Gasteiger partial charge is 0.325 e. The van der Waals surface area contributed by atoms with E-state index in [9.17, 15) is 9.18 Å². The van der Waals surface area contributed by atoms with Gasteiger partial charge in [0.25, 0.3) is 0 Å². The van der Waals surface area contributed by atoms with E-state index in [-0.39, 0.29) is 11.4 Å². The van der Waals surface area contributed by atoms with Crippen LogP contribution >= 0.6 is 0 Å². The first-order chi connectivity index (χ1) is 6.63. The fourth-order valence-corrected chi connectivity index (χ4v) is 1.56. The van der Waals surface area contributed by atoms with Crippen LogP contribution in [-0.4, -0.2) is 11.8 Å². The van der Waals surface area contributed by atoms with E-state index in [0.717, 1.165) is 24.7 Å². The van der Waals surface area contributed by atoms with E-state index in [1.807, 2.05) is 0 Å². The molecule has 0 aliphatic heterocycles. The number of hydrogen-bond acceptors (Lipinski definition) is 2. The Morgan fingerprint density at radius 3 is 2.79 bits per heavy atom. The molecular weight excluding hydrogens is 181 g/mol. The van der Waals surface area contributed by atoms with Crippen molar-refractivity contribution >= 4 is 6.29 Å². The summed E-state index contributed by atoms with van der Waals surface area (Å²) in [5.74, 6) is -0.310. The number of nitrogens with two attached hydrogens (primary N) is 1. The molecule has 14 heavy (non-hydrogen) atoms. The highest BCUT2D eigenvalue weighted by molar-refractivity contribution is 5.77. The van der Waals surface area contributed by atoms with Crippen LogP contribution in [0.1, 0.15) is 28.8 Å². The molecule has 1 fully saturated rings. The highest BCUT2D eigenvalue weighted by atomic mass is 19.1. The van der Waals surface area contributed by atoms with Crippen molar-refractivity contribution in [2.75, 3.05) is 0 Å². The van der Waals surface area contributed by atoms with Gasteiger partial charge in [0.2, 0.25) is 0 Å². The lowest BCUT2D eigenvalue weighted by Gasteiger charge is -2.10. The van der Waals surface area contributed by atoms with Crippen molar-refractivity contribution in [1.82, 2.24) is 0 Å². The van der Waals surface area contributed by atoms with Crippen molar-refractivity contribution in [2.45, 2.75) is 24.8 Å². The summed E-state index contributed by atoms with van der Waals surface area (Å²) >= 11 is 0. The fourth-order valence-electron chi connectivity index (χ4n) is 1.56. The third-order valence-corrected chi connectivity index (χ3v) is 2.67. The number of rotatable bonds is 3. The molecule has 0 bridgehead atoms. The predicted octanol–water partition coefficient (Wildman–Crippen LogP) is 1.67. The molecule has 1 aromatic carbocycles. The molecule has 74 valence electrons. The van der Waals surface area contributed by atoms with Gasteiger partial charge in [0, 0.05) is 11.1 Å². The molecule has 0 atom stereocenters. The minimum absolute atomic E-state index is 0.189. The van der Waals surface area contributed by atoms with Gasteiger partial charge >= 0.3 is 0 Å². The standard InChI is InChI=1S/C11H12FNO/c12-10-2-1-8(7-14)9(5-10)6-11(13)3-4-11/h1-2,5,7H,3-4,6,13H2. The molecule has 1 aliphatic carbocycles. The van der Waals surface area contributed by atoms with Crippen LogP contribution in [-0.2, 0) is 6.42 Å². The van der Waals surface area contributed by atoms with E-state index < -0.39 is 0 Å². The molecule has 0 spiro atoms. The van der Waals surface area contributed by atoms with Gasteiger partial charge in [-0.2, -0.15) is 0 Å². The molecule has 0 aromatic heterocycles. The number of aldehydes is 1. The van der Waals surface area contributed by atoms with E-state index in [1.54, 1.807) is 0 Å². The Labute approximate surface area is 81.9 Å². The topological polar surface area (TPSA) is 43.1 Å². The Bertz CT molecular complexity index is 372. The summed E-state index contributed by atoms with van der Waals surface area (Å²) in [7, 11) is 0. The second-order valence-electron chi connectivity index (χ2n) is 4.00. The zero-order chi connectivity index (χ0) is 10.2. The third-order valence-electron chi connectivity index (χ3n) is 2.67. The predicted molar refractivity (Wildman–Crippen MR) is 51.6 cm³/mol. The van der Waals surface area contributed by atoms with Gasteiger partial charge in [0.05, 0.1) is 0 Å². The minimum Gasteiger partial charge on any atom is -0.325 e. The molecule has 0 heterocycles. The lowest BCUT2D eigenvalue weighted by molar-refractivity contribution is 0.112. The number of hydrogen-bond donors (Lipinski definition) is 1. The highest BCUT2D eigenvalue weighted by Gasteiger charge is 2.38. The van der Waals surface area contributed by atoms with Crippen LogP contribution in [0, 0.1) is 5.82 Å². The first-order valence-corrected chi connectivity index (χ1v) is 4.65. The summed E-state index contributed by atoms with van der Waals surface area (Å²) in [5, 5.41) is 0. The SMILES string of the molecule is NC1(Cc2cc(F)ccc2C=O)CC1. The summed E-state index contributed by atoms with van der Waals surface area (Å²) in [6, 6.07) is 4.20. The van der Waals surface area contributed by atoms with Gasteiger partial charge in [-0.3, -0.25) is 4.79 Å². The maximum atomic E-state index is 12.9. The Kier molecular flexibility index (Phi) is 2.11. The third kappa shape index (κ3) is 1.82. The van der Waals surface area contributed by atoms with Gasteiger partial charge in [0.15, 0.2) is 0 Å². The summed E-state index contributed by atoms with van der Waals surface area (Å²) < 4.78 is 12.9. The van der Waals surface area contributed by atoms with Gasteiger partial charge in [0.1, 0.15) is 12.1 Å². The van der Waals surface area contributed by atoms with Crippen molar-refractivity contribution < 1.29 is 9.18 Å². The molecule has 2 N–H and O–H groups in total. The summed E-state index contributed by atoms with van der Waals surface area (Å²) in [5.41, 5.74) is 6.99. The quantitative estimate of drug-likeness (QED) is 0.742. The van der Waals surface area contributed by atoms with Crippen molar-refractivity contribution in [2.24, 2.45) is 5.73 Å². The van der Waals surface area contributed by atoms with E-state index in [0.29, 0.717) is 12.0 Å². The lowest BCUT2D eigenvalue weighted by atomic mass is 10.00. The molecule has 0 amide bonds. The van der Waals surface area contributed by atoms with E-state index in [1.165, 1.54) is 18.2 Å². The number of benzene rings is 1. The fraction of sp³-hybridized carbons (Fsp3) is 0.364. The van der Waals surface area contributed by atoms with Gasteiger partial charge < -0.3 is 5.73 Å². The first kappa shape index (κ1) is 9.34. The van der Waals surface area contributed by atoms with Gasteiger partial charge in [-0.25, -0.2) is 4.39 Å². The van der Waals surface area contributed by atoms with Gasteiger partial charge in [-0.05, 0) is 43.0 Å². The summed E-state index contributed by atoms with van der Waals surface area (Å²) in [4.78, 5) is 10.7. The molecule has 2 rings (SSSR count). The van der Waals surface area contributed by atoms with E-state index >= 15 is 0 Å². The van der Waals surface area contributed by atoms with Crippen molar-refractivity contribution in [3.05, 3.63) is 35.1 Å². The highest BCUT2D eigenvalue weighted by Crippen LogP contribution is 2.36. The summed E-state index contributed by atoms with van der Waals surface area (Å²) in [6.07, 6.45) is 3.27. The monoisotopic (exact) mass is 193 g/mol. The van der Waals surface area contributed by atoms with Gasteiger partial charge in [-0.1, -0.05) is 0 Å². The number of carbonyl (C=O) groups is 1. The maximum absolute atomic E-state index is 12.9. The summed E-state index contributed by atoms with van der Waals surface area (Å²) in [6.45, 7) is 0. The van der Waals surface area contributed by atoms with Crippen LogP contribution in [0.5, 0.6) is 0 Å². The van der Waals surface area contributed by atoms with Crippen LogP contribution in [0.4, 0.5) is 4.39 Å². The smallest absolute Gasteiger partial charge is 0.150 e. The molecular formula is C11H12FNO. The van der Waals surface area contributed by atoms with E-state index in [4.69, 9.17) is 5.73 Å². The average Bonchev–Trinajstić information content (AvgIpc) is 2.84. The molecule has 3 heteroatoms. The number of carbonyl (C=O) groups excluding carboxylic acids is 1. The first-order valence-electron chi connectivity index (χ1n) is 4.65. The van der Waals surface area contributed by atoms with Crippen LogP contribution in [0.15, 0.2) is 18.2 Å². The normalized spacial score (nSPS) is 17.9. The minimum atomic E-state index is -0.310. The Hall–Kier alpha value is -1.22. The number of halogens is 1. The molecule has 1 saturated carbocycles. The van der Waals surface area contributed by atoms with Crippen LogP contribution in [0.3, 0.4) is 0 Å². The van der Waals surface area contributed by atoms with Crippen molar-refractivity contribution in [3.63, 3.8) is 0 Å². The zero-order valence-electron chi connectivity index (χ0n) is 7.79. The Morgan fingerprint density at radius 2 is 2.21 bits per heavy atom. The molecule has 2 nitrogen and oxygen atoms in total. The molecule has 0 unspecified atom stereocenters.